The molecular formula is C15H18N2O3S. The molecule has 0 bridgehead atoms. The van der Waals surface area contributed by atoms with Crippen LogP contribution >= 0.6 is 0 Å². The standard InChI is InChI=1S/C15H18N2O3S/c1-11-5-6-14(13-4-3-7-16-15(11)13)21(18,19)17-8-9-20-12(2)10-17/h3-7,12H,8-10H2,1-2H3/t12-/m1/s1. The smallest absolute Gasteiger partial charge is 0.243 e. The molecule has 1 saturated heterocycles. The number of fused-ring (bicyclic) bond motifs is 1. The molecule has 112 valence electrons. The van der Waals surface area contributed by atoms with Gasteiger partial charge < -0.3 is 4.74 Å². The van der Waals surface area contributed by atoms with Crippen LogP contribution in [0.4, 0.5) is 0 Å². The van der Waals surface area contributed by atoms with E-state index in [1.165, 1.54) is 4.31 Å². The average molecular weight is 306 g/mol. The summed E-state index contributed by atoms with van der Waals surface area (Å²) in [6.45, 7) is 5.03. The van der Waals surface area contributed by atoms with Crippen molar-refractivity contribution >= 4 is 20.9 Å². The van der Waals surface area contributed by atoms with Gasteiger partial charge in [-0.1, -0.05) is 6.07 Å². The van der Waals surface area contributed by atoms with E-state index in [2.05, 4.69) is 4.98 Å². The molecule has 1 aliphatic rings. The zero-order chi connectivity index (χ0) is 15.0. The van der Waals surface area contributed by atoms with Crippen molar-refractivity contribution in [1.82, 2.24) is 9.29 Å². The largest absolute Gasteiger partial charge is 0.376 e. The molecule has 3 rings (SSSR count). The second kappa shape index (κ2) is 5.36. The summed E-state index contributed by atoms with van der Waals surface area (Å²) in [5.41, 5.74) is 1.71. The maximum atomic E-state index is 12.9. The zero-order valence-electron chi connectivity index (χ0n) is 12.1. The number of sulfonamides is 1. The Kier molecular flexibility index (Phi) is 3.69. The average Bonchev–Trinajstić information content (AvgIpc) is 2.47. The lowest BCUT2D eigenvalue weighted by molar-refractivity contribution is 0.0102. The highest BCUT2D eigenvalue weighted by molar-refractivity contribution is 7.89. The molecule has 6 heteroatoms. The summed E-state index contributed by atoms with van der Waals surface area (Å²) >= 11 is 0. The summed E-state index contributed by atoms with van der Waals surface area (Å²) in [7, 11) is -3.52. The van der Waals surface area contributed by atoms with Crippen LogP contribution in [-0.4, -0.2) is 43.5 Å². The lowest BCUT2D eigenvalue weighted by atomic mass is 10.1. The SMILES string of the molecule is Cc1ccc(S(=O)(=O)N2CCO[C@H](C)C2)c2cccnc12. The molecule has 0 saturated carbocycles. The normalized spacial score (nSPS) is 20.8. The van der Waals surface area contributed by atoms with Gasteiger partial charge in [0.25, 0.3) is 0 Å². The van der Waals surface area contributed by atoms with Crippen molar-refractivity contribution in [2.24, 2.45) is 0 Å². The Labute approximate surface area is 124 Å². The third-order valence-electron chi connectivity index (χ3n) is 3.75. The number of benzene rings is 1. The minimum absolute atomic E-state index is 0.0802. The molecule has 0 unspecified atom stereocenters. The second-order valence-electron chi connectivity index (χ2n) is 5.32. The summed E-state index contributed by atoms with van der Waals surface area (Å²) in [5, 5.41) is 0.677. The summed E-state index contributed by atoms with van der Waals surface area (Å²) in [5.74, 6) is 0. The molecular weight excluding hydrogens is 288 g/mol. The molecule has 1 aromatic heterocycles. The fourth-order valence-corrected chi connectivity index (χ4v) is 4.34. The van der Waals surface area contributed by atoms with Crippen LogP contribution in [0.1, 0.15) is 12.5 Å². The first kappa shape index (κ1) is 14.4. The van der Waals surface area contributed by atoms with E-state index < -0.39 is 10.0 Å². The number of nitrogens with zero attached hydrogens (tertiary/aromatic N) is 2. The fourth-order valence-electron chi connectivity index (χ4n) is 2.66. The number of ether oxygens (including phenoxy) is 1. The van der Waals surface area contributed by atoms with Gasteiger partial charge in [0.2, 0.25) is 10.0 Å². The molecule has 0 spiro atoms. The minimum Gasteiger partial charge on any atom is -0.376 e. The van der Waals surface area contributed by atoms with Crippen LogP contribution in [0.2, 0.25) is 0 Å². The zero-order valence-corrected chi connectivity index (χ0v) is 12.9. The van der Waals surface area contributed by atoms with Gasteiger partial charge >= 0.3 is 0 Å². The number of aryl methyl sites for hydroxylation is 1. The molecule has 1 atom stereocenters. The third kappa shape index (κ3) is 2.54. The van der Waals surface area contributed by atoms with E-state index in [1.54, 1.807) is 18.3 Å². The first-order valence-electron chi connectivity index (χ1n) is 6.96. The summed E-state index contributed by atoms with van der Waals surface area (Å²) in [6.07, 6.45) is 1.60. The topological polar surface area (TPSA) is 59.5 Å². The highest BCUT2D eigenvalue weighted by Crippen LogP contribution is 2.27. The number of aromatic nitrogens is 1. The maximum absolute atomic E-state index is 12.9. The van der Waals surface area contributed by atoms with Gasteiger partial charge in [-0.15, -0.1) is 0 Å². The van der Waals surface area contributed by atoms with Crippen molar-refractivity contribution in [3.05, 3.63) is 36.0 Å². The van der Waals surface area contributed by atoms with E-state index in [1.807, 2.05) is 26.0 Å². The van der Waals surface area contributed by atoms with E-state index in [0.717, 1.165) is 11.1 Å². The quantitative estimate of drug-likeness (QED) is 0.851. The molecule has 2 heterocycles. The van der Waals surface area contributed by atoms with Gasteiger partial charge in [-0.25, -0.2) is 8.42 Å². The maximum Gasteiger partial charge on any atom is 0.243 e. The third-order valence-corrected chi connectivity index (χ3v) is 5.68. The molecule has 1 aromatic carbocycles. The molecule has 0 aliphatic carbocycles. The Morgan fingerprint density at radius 1 is 1.33 bits per heavy atom. The van der Waals surface area contributed by atoms with Crippen LogP contribution in [0.5, 0.6) is 0 Å². The first-order chi connectivity index (χ1) is 10.00. The van der Waals surface area contributed by atoms with Crippen molar-refractivity contribution in [2.75, 3.05) is 19.7 Å². The molecule has 0 radical (unpaired) electrons. The summed E-state index contributed by atoms with van der Waals surface area (Å²) in [4.78, 5) is 4.63. The molecule has 0 N–H and O–H groups in total. The van der Waals surface area contributed by atoms with Crippen LogP contribution in [0, 0.1) is 6.92 Å². The fraction of sp³-hybridized carbons (Fsp3) is 0.400. The van der Waals surface area contributed by atoms with Gasteiger partial charge in [-0.2, -0.15) is 4.31 Å². The van der Waals surface area contributed by atoms with Crippen LogP contribution in [0.3, 0.4) is 0 Å². The van der Waals surface area contributed by atoms with Gasteiger partial charge in [-0.05, 0) is 37.6 Å². The first-order valence-corrected chi connectivity index (χ1v) is 8.40. The molecule has 1 aliphatic heterocycles. The predicted molar refractivity (Wildman–Crippen MR) is 80.7 cm³/mol. The van der Waals surface area contributed by atoms with Crippen molar-refractivity contribution in [2.45, 2.75) is 24.8 Å². The van der Waals surface area contributed by atoms with Crippen molar-refractivity contribution < 1.29 is 13.2 Å². The van der Waals surface area contributed by atoms with Crippen molar-refractivity contribution in [3.8, 4) is 0 Å². The number of hydrogen-bond donors (Lipinski definition) is 0. The number of pyridine rings is 1. The Bertz CT molecular complexity index is 774. The second-order valence-corrected chi connectivity index (χ2v) is 7.23. The Morgan fingerprint density at radius 2 is 2.14 bits per heavy atom. The van der Waals surface area contributed by atoms with Gasteiger partial charge in [0, 0.05) is 24.7 Å². The van der Waals surface area contributed by atoms with E-state index >= 15 is 0 Å². The number of morpholine rings is 1. The lowest BCUT2D eigenvalue weighted by Crippen LogP contribution is -2.44. The Morgan fingerprint density at radius 3 is 2.90 bits per heavy atom. The van der Waals surface area contributed by atoms with Crippen LogP contribution in [0.15, 0.2) is 35.4 Å². The molecule has 21 heavy (non-hydrogen) atoms. The minimum atomic E-state index is -3.52. The van der Waals surface area contributed by atoms with Gasteiger partial charge in [-0.3, -0.25) is 4.98 Å². The highest BCUT2D eigenvalue weighted by atomic mass is 32.2. The molecule has 5 nitrogen and oxygen atoms in total. The van der Waals surface area contributed by atoms with E-state index in [-0.39, 0.29) is 6.10 Å². The van der Waals surface area contributed by atoms with E-state index in [9.17, 15) is 8.42 Å². The van der Waals surface area contributed by atoms with Gasteiger partial charge in [0.1, 0.15) is 0 Å². The van der Waals surface area contributed by atoms with Crippen LogP contribution < -0.4 is 0 Å². The van der Waals surface area contributed by atoms with Crippen LogP contribution in [0.25, 0.3) is 10.9 Å². The van der Waals surface area contributed by atoms with Gasteiger partial charge in [0.05, 0.1) is 23.1 Å². The van der Waals surface area contributed by atoms with Crippen LogP contribution in [-0.2, 0) is 14.8 Å². The number of hydrogen-bond acceptors (Lipinski definition) is 4. The summed E-state index contributed by atoms with van der Waals surface area (Å²) < 4.78 is 32.7. The Hall–Kier alpha value is -1.50. The molecule has 0 amide bonds. The predicted octanol–water partition coefficient (Wildman–Crippen LogP) is 1.95. The molecule has 1 fully saturated rings. The van der Waals surface area contributed by atoms with E-state index in [0.29, 0.717) is 30.0 Å². The lowest BCUT2D eigenvalue weighted by Gasteiger charge is -2.30. The molecule has 2 aromatic rings. The highest BCUT2D eigenvalue weighted by Gasteiger charge is 2.30. The van der Waals surface area contributed by atoms with Gasteiger partial charge in [0.15, 0.2) is 0 Å². The van der Waals surface area contributed by atoms with Crippen molar-refractivity contribution in [3.63, 3.8) is 0 Å². The Balaban J connectivity index is 2.13. The van der Waals surface area contributed by atoms with Crippen molar-refractivity contribution in [1.29, 1.82) is 0 Å². The summed E-state index contributed by atoms with van der Waals surface area (Å²) in [6, 6.07) is 7.07. The monoisotopic (exact) mass is 306 g/mol. The number of rotatable bonds is 2. The van der Waals surface area contributed by atoms with E-state index in [4.69, 9.17) is 4.74 Å².